The third kappa shape index (κ3) is 5.62. The number of hydrogen-bond donors (Lipinski definition) is 3. The number of nitrogens with zero attached hydrogens (tertiary/aromatic N) is 4. The Hall–Kier alpha value is -2.26. The maximum Gasteiger partial charge on any atom is 0.290 e. The number of hydrogen-bond acceptors (Lipinski definition) is 7. The van der Waals surface area contributed by atoms with E-state index in [2.05, 4.69) is 20.8 Å². The maximum absolute atomic E-state index is 12.0. The first-order valence-electron chi connectivity index (χ1n) is 10.0. The molecule has 2 atom stereocenters. The van der Waals surface area contributed by atoms with Gasteiger partial charge in [0.25, 0.3) is 5.91 Å². The topological polar surface area (TPSA) is 126 Å². The zero-order chi connectivity index (χ0) is 19.8. The van der Waals surface area contributed by atoms with Crippen molar-refractivity contribution in [3.8, 4) is 0 Å². The fourth-order valence-electron chi connectivity index (χ4n) is 3.77. The van der Waals surface area contributed by atoms with Crippen molar-refractivity contribution in [3.63, 3.8) is 0 Å². The Labute approximate surface area is 164 Å². The SMILES string of the molecule is O=C(N[C@@H](CO)CC[C@H](CO)n1cc(CC2CCCCC2)nn1)c1ccno1. The number of aliphatic hydroxyl groups excluding tert-OH is 2. The second kappa shape index (κ2) is 10.3. The Kier molecular flexibility index (Phi) is 7.55. The lowest BCUT2D eigenvalue weighted by Gasteiger charge is -2.20. The van der Waals surface area contributed by atoms with Gasteiger partial charge in [-0.3, -0.25) is 4.79 Å². The second-order valence-corrected chi connectivity index (χ2v) is 7.54. The minimum Gasteiger partial charge on any atom is -0.394 e. The van der Waals surface area contributed by atoms with Crippen molar-refractivity contribution in [2.45, 2.75) is 63.5 Å². The summed E-state index contributed by atoms with van der Waals surface area (Å²) in [6.45, 7) is -0.289. The Balaban J connectivity index is 1.50. The highest BCUT2D eigenvalue weighted by molar-refractivity contribution is 5.91. The number of aromatic nitrogens is 4. The first-order chi connectivity index (χ1) is 13.7. The molecule has 0 aromatic carbocycles. The quantitative estimate of drug-likeness (QED) is 0.560. The average Bonchev–Trinajstić information content (AvgIpc) is 3.41. The van der Waals surface area contributed by atoms with Crippen LogP contribution in [0.1, 0.15) is 67.2 Å². The summed E-state index contributed by atoms with van der Waals surface area (Å²) in [5.41, 5.74) is 0.961. The van der Waals surface area contributed by atoms with Crippen LogP contribution in [0.5, 0.6) is 0 Å². The molecule has 0 spiro atoms. The second-order valence-electron chi connectivity index (χ2n) is 7.54. The molecule has 0 unspecified atom stereocenters. The molecule has 0 bridgehead atoms. The normalized spacial score (nSPS) is 17.4. The van der Waals surface area contributed by atoms with Crippen LogP contribution in [0.4, 0.5) is 0 Å². The lowest BCUT2D eigenvalue weighted by Crippen LogP contribution is -2.38. The molecule has 1 amide bonds. The first kappa shape index (κ1) is 20.5. The van der Waals surface area contributed by atoms with Crippen molar-refractivity contribution in [1.29, 1.82) is 0 Å². The Bertz CT molecular complexity index is 712. The fourth-order valence-corrected chi connectivity index (χ4v) is 3.77. The highest BCUT2D eigenvalue weighted by Gasteiger charge is 2.20. The van der Waals surface area contributed by atoms with E-state index in [1.807, 2.05) is 6.20 Å². The van der Waals surface area contributed by atoms with Gasteiger partial charge in [0.1, 0.15) is 0 Å². The third-order valence-corrected chi connectivity index (χ3v) is 5.43. The smallest absolute Gasteiger partial charge is 0.290 e. The van der Waals surface area contributed by atoms with Gasteiger partial charge >= 0.3 is 0 Å². The first-order valence-corrected chi connectivity index (χ1v) is 10.0. The molecule has 3 rings (SSSR count). The number of carbonyl (C=O) groups excluding carboxylic acids is 1. The number of carbonyl (C=O) groups is 1. The molecular formula is C19H29N5O4. The van der Waals surface area contributed by atoms with Crippen molar-refractivity contribution in [3.05, 3.63) is 29.9 Å². The van der Waals surface area contributed by atoms with E-state index in [0.29, 0.717) is 18.8 Å². The van der Waals surface area contributed by atoms with E-state index in [1.165, 1.54) is 44.4 Å². The molecule has 1 saturated carbocycles. The summed E-state index contributed by atoms with van der Waals surface area (Å²) >= 11 is 0. The molecule has 2 aromatic rings. The number of aliphatic hydroxyl groups is 2. The van der Waals surface area contributed by atoms with Crippen molar-refractivity contribution < 1.29 is 19.5 Å². The van der Waals surface area contributed by atoms with Gasteiger partial charge in [0.2, 0.25) is 5.76 Å². The summed E-state index contributed by atoms with van der Waals surface area (Å²) in [4.78, 5) is 12.0. The van der Waals surface area contributed by atoms with Crippen LogP contribution in [0.3, 0.4) is 0 Å². The van der Waals surface area contributed by atoms with E-state index in [4.69, 9.17) is 4.52 Å². The summed E-state index contributed by atoms with van der Waals surface area (Å²) in [5.74, 6) is 0.352. The summed E-state index contributed by atoms with van der Waals surface area (Å²) in [6, 6.07) is 0.768. The highest BCUT2D eigenvalue weighted by atomic mass is 16.5. The molecule has 1 aliphatic rings. The van der Waals surface area contributed by atoms with Crippen molar-refractivity contribution in [2.75, 3.05) is 13.2 Å². The predicted octanol–water partition coefficient (Wildman–Crippen LogP) is 1.49. The van der Waals surface area contributed by atoms with Gasteiger partial charge in [0.15, 0.2) is 0 Å². The molecular weight excluding hydrogens is 362 g/mol. The van der Waals surface area contributed by atoms with E-state index >= 15 is 0 Å². The molecule has 1 fully saturated rings. The van der Waals surface area contributed by atoms with E-state index in [1.54, 1.807) is 4.68 Å². The minimum atomic E-state index is -0.447. The summed E-state index contributed by atoms with van der Waals surface area (Å²) in [7, 11) is 0. The van der Waals surface area contributed by atoms with Gasteiger partial charge in [0.05, 0.1) is 37.2 Å². The van der Waals surface area contributed by atoms with Gasteiger partial charge in [0, 0.05) is 12.3 Å². The lowest BCUT2D eigenvalue weighted by molar-refractivity contribution is 0.0871. The molecule has 1 aliphatic carbocycles. The van der Waals surface area contributed by atoms with E-state index in [0.717, 1.165) is 12.1 Å². The largest absolute Gasteiger partial charge is 0.394 e. The molecule has 9 nitrogen and oxygen atoms in total. The number of nitrogens with one attached hydrogen (secondary N) is 1. The zero-order valence-corrected chi connectivity index (χ0v) is 16.0. The van der Waals surface area contributed by atoms with Crippen LogP contribution in [0.2, 0.25) is 0 Å². The van der Waals surface area contributed by atoms with Gasteiger partial charge in [-0.2, -0.15) is 0 Å². The molecule has 9 heteroatoms. The van der Waals surface area contributed by atoms with E-state index < -0.39 is 11.9 Å². The molecule has 2 heterocycles. The standard InChI is InChI=1S/C19H29N5O4/c25-12-15(21-19(27)18-8-9-20-28-18)6-7-17(13-26)24-11-16(22-23-24)10-14-4-2-1-3-5-14/h8-9,11,14-15,17,25-26H,1-7,10,12-13H2,(H,21,27)/t15-,17-/m1/s1. The average molecular weight is 391 g/mol. The highest BCUT2D eigenvalue weighted by Crippen LogP contribution is 2.26. The third-order valence-electron chi connectivity index (χ3n) is 5.43. The van der Waals surface area contributed by atoms with Gasteiger partial charge in [-0.15, -0.1) is 5.10 Å². The monoisotopic (exact) mass is 391 g/mol. The Morgan fingerprint density at radius 3 is 2.75 bits per heavy atom. The molecule has 0 saturated heterocycles. The van der Waals surface area contributed by atoms with Crippen LogP contribution in [0.15, 0.2) is 23.0 Å². The fraction of sp³-hybridized carbons (Fsp3) is 0.684. The minimum absolute atomic E-state index is 0.0829. The molecule has 28 heavy (non-hydrogen) atoms. The van der Waals surface area contributed by atoms with Crippen molar-refractivity contribution >= 4 is 5.91 Å². The molecule has 2 aromatic heterocycles. The molecule has 0 aliphatic heterocycles. The lowest BCUT2D eigenvalue weighted by atomic mass is 9.86. The van der Waals surface area contributed by atoms with Gasteiger partial charge in [-0.25, -0.2) is 4.68 Å². The van der Waals surface area contributed by atoms with Crippen LogP contribution < -0.4 is 5.32 Å². The van der Waals surface area contributed by atoms with Crippen LogP contribution in [0, 0.1) is 5.92 Å². The van der Waals surface area contributed by atoms with Crippen LogP contribution >= 0.6 is 0 Å². The summed E-state index contributed by atoms with van der Waals surface area (Å²) in [6.07, 6.45) is 11.7. The van der Waals surface area contributed by atoms with Crippen LogP contribution in [-0.2, 0) is 6.42 Å². The maximum atomic E-state index is 12.0. The van der Waals surface area contributed by atoms with Gasteiger partial charge in [-0.1, -0.05) is 42.5 Å². The number of rotatable bonds is 10. The molecule has 154 valence electrons. The van der Waals surface area contributed by atoms with Crippen molar-refractivity contribution in [2.24, 2.45) is 5.92 Å². The Morgan fingerprint density at radius 1 is 1.25 bits per heavy atom. The van der Waals surface area contributed by atoms with E-state index in [9.17, 15) is 15.0 Å². The van der Waals surface area contributed by atoms with Gasteiger partial charge < -0.3 is 20.1 Å². The summed E-state index contributed by atoms with van der Waals surface area (Å²) < 4.78 is 6.52. The number of amides is 1. The van der Waals surface area contributed by atoms with Crippen molar-refractivity contribution in [1.82, 2.24) is 25.5 Å². The van der Waals surface area contributed by atoms with Gasteiger partial charge in [-0.05, 0) is 25.2 Å². The van der Waals surface area contributed by atoms with Crippen LogP contribution in [0.25, 0.3) is 0 Å². The molecule has 3 N–H and O–H groups in total. The summed E-state index contributed by atoms with van der Waals surface area (Å²) in [5, 5.41) is 34.0. The zero-order valence-electron chi connectivity index (χ0n) is 16.0. The molecule has 0 radical (unpaired) electrons. The van der Waals surface area contributed by atoms with E-state index in [-0.39, 0.29) is 25.0 Å². The van der Waals surface area contributed by atoms with Crippen LogP contribution in [-0.4, -0.2) is 55.5 Å². The Morgan fingerprint density at radius 2 is 2.07 bits per heavy atom. The predicted molar refractivity (Wildman–Crippen MR) is 101 cm³/mol.